The summed E-state index contributed by atoms with van der Waals surface area (Å²) in [5, 5.41) is 35.7. The Kier molecular flexibility index (Phi) is 10.8. The van der Waals surface area contributed by atoms with Crippen LogP contribution < -0.4 is 5.32 Å². The Morgan fingerprint density at radius 3 is 1.77 bits per heavy atom. The Balaban J connectivity index is 0.972. The maximum atomic E-state index is 12.6. The number of phenolic OH excluding ortho intramolecular Hbond substituents is 2. The minimum atomic E-state index is -0.000599. The molecule has 4 nitrogen and oxygen atoms in total. The van der Waals surface area contributed by atoms with Crippen molar-refractivity contribution in [3.63, 3.8) is 0 Å². The highest BCUT2D eigenvalue weighted by Crippen LogP contribution is 2.50. The van der Waals surface area contributed by atoms with Crippen LogP contribution in [0.25, 0.3) is 82.9 Å². The third kappa shape index (κ3) is 7.48. The number of aliphatic imine (C=N–C) groups is 1. The maximum Gasteiger partial charge on any atom is 0.132 e. The Morgan fingerprint density at radius 2 is 1.12 bits per heavy atom. The number of fused-ring (bicyclic) bond motifs is 4. The van der Waals surface area contributed by atoms with Crippen molar-refractivity contribution in [3.8, 4) is 56.0 Å². The lowest BCUT2D eigenvalue weighted by atomic mass is 9.78. The van der Waals surface area contributed by atoms with Gasteiger partial charge < -0.3 is 15.5 Å². The largest absolute Gasteiger partial charge is 0.507 e. The average molecular weight is 845 g/mol. The van der Waals surface area contributed by atoms with E-state index in [4.69, 9.17) is 4.99 Å². The minimum Gasteiger partial charge on any atom is -0.507 e. The molecule has 65 heavy (non-hydrogen) atoms. The molecular formula is C61H52N2O2. The van der Waals surface area contributed by atoms with E-state index in [0.717, 1.165) is 126 Å². The Morgan fingerprint density at radius 1 is 0.569 bits per heavy atom. The first-order chi connectivity index (χ1) is 32.0. The summed E-state index contributed by atoms with van der Waals surface area (Å²) >= 11 is 0. The molecule has 2 aliphatic carbocycles. The highest BCUT2D eigenvalue weighted by atomic mass is 16.3. The predicted octanol–water partition coefficient (Wildman–Crippen LogP) is 15.3. The lowest BCUT2D eigenvalue weighted by molar-refractivity contribution is 0.327. The number of allylic oxidation sites excluding steroid dienone is 1. The zero-order valence-electron chi connectivity index (χ0n) is 36.7. The van der Waals surface area contributed by atoms with Crippen LogP contribution in [0.3, 0.4) is 0 Å². The molecule has 1 saturated carbocycles. The van der Waals surface area contributed by atoms with Gasteiger partial charge in [-0.1, -0.05) is 190 Å². The van der Waals surface area contributed by atoms with Gasteiger partial charge in [-0.25, -0.2) is 0 Å². The first-order valence-electron chi connectivity index (χ1n) is 23.2. The molecule has 11 rings (SSSR count). The van der Waals surface area contributed by atoms with Crippen LogP contribution in [0, 0.1) is 0 Å². The molecule has 318 valence electrons. The third-order valence-electron chi connectivity index (χ3n) is 14.0. The lowest BCUT2D eigenvalue weighted by Crippen LogP contribution is -2.40. The number of aromatic hydroxyl groups is 2. The molecule has 0 heterocycles. The molecule has 9 aromatic carbocycles. The maximum absolute atomic E-state index is 12.6. The van der Waals surface area contributed by atoms with Crippen molar-refractivity contribution >= 4 is 44.6 Å². The number of phenols is 2. The Bertz CT molecular complexity index is 3300. The summed E-state index contributed by atoms with van der Waals surface area (Å²) in [5.74, 6) is 0.812. The van der Waals surface area contributed by atoms with Gasteiger partial charge in [0.25, 0.3) is 0 Å². The smallest absolute Gasteiger partial charge is 0.132 e. The number of benzene rings is 9. The summed E-state index contributed by atoms with van der Waals surface area (Å²) in [4.78, 5) is 5.34. The molecule has 3 N–H and O–H groups in total. The van der Waals surface area contributed by atoms with Crippen LogP contribution in [0.4, 0.5) is 0 Å². The van der Waals surface area contributed by atoms with Gasteiger partial charge in [0.1, 0.15) is 11.5 Å². The molecule has 0 aromatic heterocycles. The van der Waals surface area contributed by atoms with Crippen LogP contribution in [0.15, 0.2) is 181 Å². The van der Waals surface area contributed by atoms with Crippen LogP contribution >= 0.6 is 0 Å². The third-order valence-corrected chi connectivity index (χ3v) is 14.0. The summed E-state index contributed by atoms with van der Waals surface area (Å²) in [6.07, 6.45) is 11.4. The van der Waals surface area contributed by atoms with Crippen LogP contribution in [-0.2, 0) is 6.54 Å². The molecule has 4 heteroatoms. The van der Waals surface area contributed by atoms with Crippen molar-refractivity contribution in [1.82, 2.24) is 5.32 Å². The number of nitrogens with one attached hydrogen (secondary N) is 1. The highest BCUT2D eigenvalue weighted by molar-refractivity contribution is 6.13. The van der Waals surface area contributed by atoms with Crippen LogP contribution in [0.5, 0.6) is 11.5 Å². The van der Waals surface area contributed by atoms with Crippen molar-refractivity contribution in [2.45, 2.75) is 63.6 Å². The molecule has 1 fully saturated rings. The second-order valence-corrected chi connectivity index (χ2v) is 18.0. The van der Waals surface area contributed by atoms with E-state index in [9.17, 15) is 10.2 Å². The SMILES string of the molecule is CC1CC=Cc2cc(C=N[C@H]3CCCCC3NCc3cc4ccccc4c(-c4c(-c5ccccc5)ccc5ccccc45)c3O)c(O)c(-c3c(-c4ccccc4)ccc4ccccc34)c21. The van der Waals surface area contributed by atoms with Crippen molar-refractivity contribution < 1.29 is 10.2 Å². The van der Waals surface area contributed by atoms with Gasteiger partial charge in [0.15, 0.2) is 0 Å². The zero-order valence-corrected chi connectivity index (χ0v) is 36.7. The fourth-order valence-corrected chi connectivity index (χ4v) is 10.8. The van der Waals surface area contributed by atoms with E-state index in [2.05, 4.69) is 188 Å². The second kappa shape index (κ2) is 17.4. The van der Waals surface area contributed by atoms with Crippen LogP contribution in [0.1, 0.15) is 67.2 Å². The van der Waals surface area contributed by atoms with E-state index < -0.39 is 0 Å². The van der Waals surface area contributed by atoms with E-state index in [1.165, 1.54) is 5.56 Å². The van der Waals surface area contributed by atoms with Gasteiger partial charge in [-0.3, -0.25) is 4.99 Å². The first kappa shape index (κ1) is 40.5. The van der Waals surface area contributed by atoms with E-state index in [0.29, 0.717) is 12.3 Å². The second-order valence-electron chi connectivity index (χ2n) is 18.0. The predicted molar refractivity (Wildman–Crippen MR) is 273 cm³/mol. The molecule has 0 saturated heterocycles. The molecule has 0 aliphatic heterocycles. The van der Waals surface area contributed by atoms with E-state index in [1.807, 2.05) is 12.3 Å². The topological polar surface area (TPSA) is 64.9 Å². The van der Waals surface area contributed by atoms with Crippen LogP contribution in [-0.4, -0.2) is 28.5 Å². The standard InChI is InChI=1S/C61H52N2O2/c1-39-17-16-25-45-36-47(61(65)59(55(39)45)57-49-27-12-9-23-43(49)32-34-52(57)41-20-6-3-7-21-41)38-63-54-30-15-14-29-53(54)62-37-46-35-44-24-10-13-28-50(44)58(60(46)64)56-48-26-11-8-22-42(48)31-33-51(56)40-18-4-2-5-19-40/h2-13,16,18-28,31-36,38-39,53-54,62,64-65H,14-15,17,29-30,37H2,1H3/t39?,53?,54-/m0/s1. The molecule has 0 radical (unpaired) electrons. The van der Waals surface area contributed by atoms with Gasteiger partial charge in [0.05, 0.1) is 6.04 Å². The molecule has 9 aromatic rings. The van der Waals surface area contributed by atoms with Crippen LogP contribution in [0.2, 0.25) is 0 Å². The summed E-state index contributed by atoms with van der Waals surface area (Å²) in [5.41, 5.74) is 12.2. The Labute approximate surface area is 381 Å². The lowest BCUT2D eigenvalue weighted by Gasteiger charge is -2.30. The summed E-state index contributed by atoms with van der Waals surface area (Å²) in [7, 11) is 0. The van der Waals surface area contributed by atoms with Crippen molar-refractivity contribution in [3.05, 3.63) is 198 Å². The fourth-order valence-electron chi connectivity index (χ4n) is 10.8. The fraction of sp³-hybridized carbons (Fsp3) is 0.164. The Hall–Kier alpha value is -7.27. The van der Waals surface area contributed by atoms with Gasteiger partial charge in [0.2, 0.25) is 0 Å². The quantitative estimate of drug-likeness (QED) is 0.127. The zero-order chi connectivity index (χ0) is 43.9. The normalized spacial score (nSPS) is 17.3. The monoisotopic (exact) mass is 844 g/mol. The summed E-state index contributed by atoms with van der Waals surface area (Å²) < 4.78 is 0. The molecule has 0 spiro atoms. The number of hydrogen-bond donors (Lipinski definition) is 3. The number of nitrogens with zero attached hydrogens (tertiary/aromatic N) is 1. The van der Waals surface area contributed by atoms with Gasteiger partial charge in [-0.15, -0.1) is 0 Å². The van der Waals surface area contributed by atoms with E-state index in [1.54, 1.807) is 0 Å². The van der Waals surface area contributed by atoms with Crippen molar-refractivity contribution in [2.75, 3.05) is 0 Å². The molecule has 2 aliphatic rings. The van der Waals surface area contributed by atoms with Crippen molar-refractivity contribution in [2.24, 2.45) is 4.99 Å². The van der Waals surface area contributed by atoms with E-state index in [-0.39, 0.29) is 23.8 Å². The average Bonchev–Trinajstić information content (AvgIpc) is 3.36. The molecule has 2 unspecified atom stereocenters. The molecular weight excluding hydrogens is 793 g/mol. The molecule has 3 atom stereocenters. The van der Waals surface area contributed by atoms with Gasteiger partial charge in [-0.05, 0) is 103 Å². The molecule has 0 amide bonds. The summed E-state index contributed by atoms with van der Waals surface area (Å²) in [6.45, 7) is 2.76. The van der Waals surface area contributed by atoms with Gasteiger partial charge in [-0.2, -0.15) is 0 Å². The first-order valence-corrected chi connectivity index (χ1v) is 23.2. The van der Waals surface area contributed by atoms with Crippen molar-refractivity contribution in [1.29, 1.82) is 0 Å². The minimum absolute atomic E-state index is 0.000599. The van der Waals surface area contributed by atoms with Gasteiger partial charge >= 0.3 is 0 Å². The summed E-state index contributed by atoms with van der Waals surface area (Å²) in [6, 6.07) is 59.6. The number of rotatable bonds is 9. The van der Waals surface area contributed by atoms with Gasteiger partial charge in [0, 0.05) is 52.2 Å². The highest BCUT2D eigenvalue weighted by Gasteiger charge is 2.29. The number of hydrogen-bond acceptors (Lipinski definition) is 4. The van der Waals surface area contributed by atoms with E-state index >= 15 is 0 Å². The molecule has 0 bridgehead atoms.